The number of aryl methyl sites for hydroxylation is 1. The highest BCUT2D eigenvalue weighted by molar-refractivity contribution is 5.86. The van der Waals surface area contributed by atoms with Crippen LogP contribution in [-0.2, 0) is 11.2 Å². The van der Waals surface area contributed by atoms with Gasteiger partial charge >= 0.3 is 0 Å². The zero-order chi connectivity index (χ0) is 26.9. The normalized spacial score (nSPS) is 30.1. The maximum absolute atomic E-state index is 11.8. The first-order chi connectivity index (χ1) is 18.5. The highest BCUT2D eigenvalue weighted by atomic mass is 16.2. The van der Waals surface area contributed by atoms with Crippen LogP contribution < -0.4 is 0 Å². The molecule has 4 rings (SSSR count). The molecule has 0 radical (unpaired) electrons. The lowest BCUT2D eigenvalue weighted by Crippen LogP contribution is -2.33. The molecule has 0 spiro atoms. The molecule has 38 heavy (non-hydrogen) atoms. The number of hydrogen-bond donors (Lipinski definition) is 0. The molecule has 1 amide bonds. The summed E-state index contributed by atoms with van der Waals surface area (Å²) in [7, 11) is 1.92. The molecule has 3 aliphatic rings. The molecule has 1 aromatic rings. The summed E-state index contributed by atoms with van der Waals surface area (Å²) in [5.74, 6) is 5.16. The van der Waals surface area contributed by atoms with Gasteiger partial charge in [0.2, 0.25) is 5.91 Å². The van der Waals surface area contributed by atoms with E-state index in [2.05, 4.69) is 38.6 Å². The first-order valence-electron chi connectivity index (χ1n) is 16.5. The molecule has 212 valence electrons. The Kier molecular flexibility index (Phi) is 11.4. The standard InChI is InChI=1S/C36H57NO/c1-5-8-9-10-27-11-17-33(18-12-27)35-24-23-34(25-29(35)6-2)32-21-19-31(20-22-32)30-15-13-28(14-16-30)26-37(4)36(38)7-3/h7,23-25,27-28,30-33H,3,5-6,8-22,26H2,1-2,4H3. The van der Waals surface area contributed by atoms with Crippen molar-refractivity contribution in [3.05, 3.63) is 47.5 Å². The van der Waals surface area contributed by atoms with Gasteiger partial charge in [0, 0.05) is 13.6 Å². The second kappa shape index (κ2) is 14.7. The molecule has 2 heteroatoms. The lowest BCUT2D eigenvalue weighted by Gasteiger charge is -2.38. The largest absolute Gasteiger partial charge is 0.342 e. The maximum atomic E-state index is 11.8. The van der Waals surface area contributed by atoms with Crippen LogP contribution in [0.1, 0.15) is 145 Å². The molecule has 0 saturated heterocycles. The fourth-order valence-corrected chi connectivity index (χ4v) is 8.43. The number of carbonyl (C=O) groups is 1. The summed E-state index contributed by atoms with van der Waals surface area (Å²) in [5, 5.41) is 0. The summed E-state index contributed by atoms with van der Waals surface area (Å²) in [4.78, 5) is 13.7. The fraction of sp³-hybridized carbons (Fsp3) is 0.750. The van der Waals surface area contributed by atoms with Gasteiger partial charge < -0.3 is 4.90 Å². The Balaban J connectivity index is 1.24. The van der Waals surface area contributed by atoms with Gasteiger partial charge in [0.05, 0.1) is 0 Å². The molecule has 0 aliphatic heterocycles. The van der Waals surface area contributed by atoms with Gasteiger partial charge in [-0.25, -0.2) is 0 Å². The van der Waals surface area contributed by atoms with Crippen LogP contribution in [0.4, 0.5) is 0 Å². The fourth-order valence-electron chi connectivity index (χ4n) is 8.43. The van der Waals surface area contributed by atoms with Crippen molar-refractivity contribution in [2.75, 3.05) is 13.6 Å². The van der Waals surface area contributed by atoms with E-state index in [9.17, 15) is 4.79 Å². The molecule has 0 atom stereocenters. The van der Waals surface area contributed by atoms with Gasteiger partial charge in [-0.1, -0.05) is 64.3 Å². The Bertz CT molecular complexity index is 865. The minimum absolute atomic E-state index is 0.0647. The lowest BCUT2D eigenvalue weighted by atomic mass is 9.68. The van der Waals surface area contributed by atoms with E-state index in [1.165, 1.54) is 115 Å². The number of rotatable bonds is 11. The van der Waals surface area contributed by atoms with Crippen LogP contribution in [-0.4, -0.2) is 24.4 Å². The maximum Gasteiger partial charge on any atom is 0.245 e. The van der Waals surface area contributed by atoms with Gasteiger partial charge in [-0.2, -0.15) is 0 Å². The molecule has 0 bridgehead atoms. The average Bonchev–Trinajstić information content (AvgIpc) is 2.97. The third kappa shape index (κ3) is 7.76. The Morgan fingerprint density at radius 2 is 1.45 bits per heavy atom. The van der Waals surface area contributed by atoms with E-state index in [1.54, 1.807) is 16.7 Å². The zero-order valence-corrected chi connectivity index (χ0v) is 25.1. The van der Waals surface area contributed by atoms with Gasteiger partial charge in [-0.3, -0.25) is 4.79 Å². The summed E-state index contributed by atoms with van der Waals surface area (Å²) >= 11 is 0. The number of nitrogens with zero attached hydrogens (tertiary/aromatic N) is 1. The van der Waals surface area contributed by atoms with E-state index in [-0.39, 0.29) is 5.91 Å². The Labute approximate surface area is 235 Å². The van der Waals surface area contributed by atoms with E-state index < -0.39 is 0 Å². The van der Waals surface area contributed by atoms with Crippen LogP contribution in [0.3, 0.4) is 0 Å². The molecule has 3 fully saturated rings. The zero-order valence-electron chi connectivity index (χ0n) is 25.1. The van der Waals surface area contributed by atoms with Gasteiger partial charge in [0.25, 0.3) is 0 Å². The molecule has 0 aromatic heterocycles. The minimum Gasteiger partial charge on any atom is -0.342 e. The van der Waals surface area contributed by atoms with Crippen LogP contribution >= 0.6 is 0 Å². The number of amides is 1. The van der Waals surface area contributed by atoms with Gasteiger partial charge in [0.1, 0.15) is 0 Å². The van der Waals surface area contributed by atoms with Crippen molar-refractivity contribution in [3.63, 3.8) is 0 Å². The number of carbonyl (C=O) groups excluding carboxylic acids is 1. The summed E-state index contributed by atoms with van der Waals surface area (Å²) in [5.41, 5.74) is 4.97. The molecule has 0 heterocycles. The lowest BCUT2D eigenvalue weighted by molar-refractivity contribution is -0.125. The van der Waals surface area contributed by atoms with E-state index in [1.807, 2.05) is 11.9 Å². The highest BCUT2D eigenvalue weighted by Crippen LogP contribution is 2.45. The Morgan fingerprint density at radius 1 is 0.842 bits per heavy atom. The third-order valence-corrected chi connectivity index (χ3v) is 10.9. The number of likely N-dealkylation sites (N-methyl/N-ethyl adjacent to an activating group) is 1. The van der Waals surface area contributed by atoms with Crippen molar-refractivity contribution in [3.8, 4) is 0 Å². The molecule has 0 N–H and O–H groups in total. The van der Waals surface area contributed by atoms with Crippen molar-refractivity contribution < 1.29 is 4.79 Å². The van der Waals surface area contributed by atoms with Crippen molar-refractivity contribution in [1.82, 2.24) is 4.90 Å². The van der Waals surface area contributed by atoms with Crippen molar-refractivity contribution in [2.24, 2.45) is 23.7 Å². The summed E-state index contributed by atoms with van der Waals surface area (Å²) in [6.45, 7) is 9.23. The van der Waals surface area contributed by atoms with Gasteiger partial charge in [0.15, 0.2) is 0 Å². The summed E-state index contributed by atoms with van der Waals surface area (Å²) in [6, 6.07) is 7.71. The molecule has 1 aromatic carbocycles. The van der Waals surface area contributed by atoms with Crippen LogP contribution in [0.25, 0.3) is 0 Å². The van der Waals surface area contributed by atoms with Crippen LogP contribution in [0.5, 0.6) is 0 Å². The van der Waals surface area contributed by atoms with E-state index in [0.29, 0.717) is 5.92 Å². The summed E-state index contributed by atoms with van der Waals surface area (Å²) < 4.78 is 0. The first kappa shape index (κ1) is 29.4. The predicted octanol–water partition coefficient (Wildman–Crippen LogP) is 9.83. The SMILES string of the molecule is C=CC(=O)N(C)CC1CCC(C2CCC(c3ccc(C4CCC(CCCCC)CC4)c(CC)c3)CC2)CC1. The van der Waals surface area contributed by atoms with E-state index >= 15 is 0 Å². The number of hydrogen-bond acceptors (Lipinski definition) is 1. The van der Waals surface area contributed by atoms with Gasteiger partial charge in [-0.05, 0) is 142 Å². The second-order valence-electron chi connectivity index (χ2n) is 13.3. The molecule has 2 nitrogen and oxygen atoms in total. The van der Waals surface area contributed by atoms with Crippen LogP contribution in [0, 0.1) is 23.7 Å². The average molecular weight is 520 g/mol. The topological polar surface area (TPSA) is 20.3 Å². The van der Waals surface area contributed by atoms with Crippen LogP contribution in [0.2, 0.25) is 0 Å². The highest BCUT2D eigenvalue weighted by Gasteiger charge is 2.32. The van der Waals surface area contributed by atoms with Crippen molar-refractivity contribution in [1.29, 1.82) is 0 Å². The predicted molar refractivity (Wildman–Crippen MR) is 163 cm³/mol. The smallest absolute Gasteiger partial charge is 0.245 e. The van der Waals surface area contributed by atoms with E-state index in [4.69, 9.17) is 0 Å². The minimum atomic E-state index is 0.0647. The third-order valence-electron chi connectivity index (χ3n) is 10.9. The molecular formula is C36H57NO. The molecule has 0 unspecified atom stereocenters. The second-order valence-corrected chi connectivity index (χ2v) is 13.3. The number of benzene rings is 1. The number of unbranched alkanes of at least 4 members (excludes halogenated alkanes) is 2. The van der Waals surface area contributed by atoms with Crippen molar-refractivity contribution >= 4 is 5.91 Å². The molecule has 3 aliphatic carbocycles. The van der Waals surface area contributed by atoms with Gasteiger partial charge in [-0.15, -0.1) is 0 Å². The monoisotopic (exact) mass is 519 g/mol. The molecular weight excluding hydrogens is 462 g/mol. The quantitative estimate of drug-likeness (QED) is 0.210. The first-order valence-corrected chi connectivity index (χ1v) is 16.5. The van der Waals surface area contributed by atoms with Crippen LogP contribution in [0.15, 0.2) is 30.9 Å². The Morgan fingerprint density at radius 3 is 2.05 bits per heavy atom. The Hall–Kier alpha value is -1.57. The van der Waals surface area contributed by atoms with E-state index in [0.717, 1.165) is 36.1 Å². The van der Waals surface area contributed by atoms with Crippen molar-refractivity contribution in [2.45, 2.75) is 135 Å². The summed E-state index contributed by atoms with van der Waals surface area (Å²) in [6.07, 6.45) is 25.0. The molecule has 3 saturated carbocycles.